The lowest BCUT2D eigenvalue weighted by Crippen LogP contribution is -2.03. The molecule has 0 aliphatic carbocycles. The Kier molecular flexibility index (Phi) is 7.27. The molecule has 0 saturated heterocycles. The molecule has 0 radical (unpaired) electrons. The van der Waals surface area contributed by atoms with E-state index in [0.29, 0.717) is 5.88 Å². The van der Waals surface area contributed by atoms with E-state index in [1.165, 1.54) is 31.7 Å². The van der Waals surface area contributed by atoms with Crippen LogP contribution in [0.3, 0.4) is 0 Å². The summed E-state index contributed by atoms with van der Waals surface area (Å²) >= 11 is 5.95. The van der Waals surface area contributed by atoms with Crippen LogP contribution in [0.4, 0.5) is 4.39 Å². The van der Waals surface area contributed by atoms with Crippen LogP contribution in [0, 0.1) is 5.82 Å². The van der Waals surface area contributed by atoms with Crippen LogP contribution in [-0.4, -0.2) is 5.88 Å². The Hall–Kier alpha value is -0.560. The molecule has 0 N–H and O–H groups in total. The Morgan fingerprint density at radius 3 is 2.47 bits per heavy atom. The van der Waals surface area contributed by atoms with Gasteiger partial charge < -0.3 is 0 Å². The topological polar surface area (TPSA) is 0 Å². The fourth-order valence-electron chi connectivity index (χ4n) is 2.12. The standard InChI is InChI=1S/C15H22ClF/c1-2-3-4-5-6-9-13(12-16)14-10-7-8-11-15(14)17/h7-8,10-11,13H,2-6,9,12H2,1H3. The first-order chi connectivity index (χ1) is 8.29. The number of halogens is 2. The molecule has 0 bridgehead atoms. The molecule has 1 aromatic carbocycles. The van der Waals surface area contributed by atoms with E-state index in [1.54, 1.807) is 6.07 Å². The first-order valence-electron chi connectivity index (χ1n) is 6.60. The maximum Gasteiger partial charge on any atom is 0.126 e. The van der Waals surface area contributed by atoms with Crippen LogP contribution in [0.2, 0.25) is 0 Å². The van der Waals surface area contributed by atoms with Crippen molar-refractivity contribution in [3.63, 3.8) is 0 Å². The molecule has 1 atom stereocenters. The van der Waals surface area contributed by atoms with Crippen molar-refractivity contribution in [2.45, 2.75) is 51.4 Å². The van der Waals surface area contributed by atoms with Crippen LogP contribution in [0.15, 0.2) is 24.3 Å². The number of hydrogen-bond acceptors (Lipinski definition) is 0. The Bertz CT molecular complexity index is 312. The van der Waals surface area contributed by atoms with E-state index in [1.807, 2.05) is 12.1 Å². The second-order valence-corrected chi connectivity index (χ2v) is 4.88. The molecule has 96 valence electrons. The summed E-state index contributed by atoms with van der Waals surface area (Å²) in [6, 6.07) is 6.99. The van der Waals surface area contributed by atoms with Gasteiger partial charge in [-0.15, -0.1) is 11.6 Å². The van der Waals surface area contributed by atoms with Crippen molar-refractivity contribution < 1.29 is 4.39 Å². The van der Waals surface area contributed by atoms with Gasteiger partial charge in [-0.05, 0) is 18.1 Å². The first-order valence-corrected chi connectivity index (χ1v) is 7.13. The summed E-state index contributed by atoms with van der Waals surface area (Å²) < 4.78 is 13.6. The Morgan fingerprint density at radius 2 is 1.82 bits per heavy atom. The summed E-state index contributed by atoms with van der Waals surface area (Å²) in [5.41, 5.74) is 0.776. The lowest BCUT2D eigenvalue weighted by Gasteiger charge is -2.14. The Balaban J connectivity index is 2.41. The number of benzene rings is 1. The molecule has 1 aromatic rings. The predicted molar refractivity (Wildman–Crippen MR) is 73.2 cm³/mol. The zero-order chi connectivity index (χ0) is 12.5. The van der Waals surface area contributed by atoms with Gasteiger partial charge in [-0.25, -0.2) is 4.39 Å². The summed E-state index contributed by atoms with van der Waals surface area (Å²) in [6.07, 6.45) is 7.20. The van der Waals surface area contributed by atoms with Gasteiger partial charge in [0.15, 0.2) is 0 Å². The molecule has 0 fully saturated rings. The van der Waals surface area contributed by atoms with Gasteiger partial charge >= 0.3 is 0 Å². The quantitative estimate of drug-likeness (QED) is 0.425. The molecule has 0 aromatic heterocycles. The number of unbranched alkanes of at least 4 members (excludes halogenated alkanes) is 4. The van der Waals surface area contributed by atoms with Crippen molar-refractivity contribution in [2.24, 2.45) is 0 Å². The highest BCUT2D eigenvalue weighted by Crippen LogP contribution is 2.26. The summed E-state index contributed by atoms with van der Waals surface area (Å²) in [6.45, 7) is 2.21. The van der Waals surface area contributed by atoms with Crippen LogP contribution in [0.5, 0.6) is 0 Å². The highest BCUT2D eigenvalue weighted by Gasteiger charge is 2.13. The van der Waals surface area contributed by atoms with E-state index in [0.717, 1.165) is 18.4 Å². The number of alkyl halides is 1. The highest BCUT2D eigenvalue weighted by atomic mass is 35.5. The monoisotopic (exact) mass is 256 g/mol. The maximum atomic E-state index is 13.6. The third kappa shape index (κ3) is 5.08. The number of rotatable bonds is 8. The molecule has 2 heteroatoms. The van der Waals surface area contributed by atoms with E-state index in [9.17, 15) is 4.39 Å². The van der Waals surface area contributed by atoms with Crippen LogP contribution < -0.4 is 0 Å². The fourth-order valence-corrected chi connectivity index (χ4v) is 2.44. The van der Waals surface area contributed by atoms with Gasteiger partial charge in [0.05, 0.1) is 0 Å². The van der Waals surface area contributed by atoms with Crippen molar-refractivity contribution in [3.8, 4) is 0 Å². The molecule has 1 rings (SSSR count). The van der Waals surface area contributed by atoms with Crippen molar-refractivity contribution in [3.05, 3.63) is 35.6 Å². The maximum absolute atomic E-state index is 13.6. The van der Waals surface area contributed by atoms with E-state index in [4.69, 9.17) is 11.6 Å². The molecular formula is C15H22ClF. The third-order valence-corrected chi connectivity index (χ3v) is 3.56. The lowest BCUT2D eigenvalue weighted by molar-refractivity contribution is 0.540. The molecule has 0 spiro atoms. The summed E-state index contributed by atoms with van der Waals surface area (Å²) in [5, 5.41) is 0. The van der Waals surface area contributed by atoms with Gasteiger partial charge in [0.1, 0.15) is 5.82 Å². The van der Waals surface area contributed by atoms with Crippen molar-refractivity contribution in [2.75, 3.05) is 5.88 Å². The summed E-state index contributed by atoms with van der Waals surface area (Å²) in [5.74, 6) is 0.556. The SMILES string of the molecule is CCCCCCCC(CCl)c1ccccc1F. The van der Waals surface area contributed by atoms with E-state index in [2.05, 4.69) is 6.92 Å². The average Bonchev–Trinajstić information content (AvgIpc) is 2.35. The van der Waals surface area contributed by atoms with Gasteiger partial charge in [-0.2, -0.15) is 0 Å². The van der Waals surface area contributed by atoms with Gasteiger partial charge in [0.25, 0.3) is 0 Å². The molecule has 1 unspecified atom stereocenters. The van der Waals surface area contributed by atoms with Crippen molar-refractivity contribution >= 4 is 11.6 Å². The smallest absolute Gasteiger partial charge is 0.126 e. The largest absolute Gasteiger partial charge is 0.207 e. The lowest BCUT2D eigenvalue weighted by atomic mass is 9.94. The van der Waals surface area contributed by atoms with Crippen LogP contribution in [0.1, 0.15) is 56.9 Å². The van der Waals surface area contributed by atoms with Crippen LogP contribution >= 0.6 is 11.6 Å². The minimum Gasteiger partial charge on any atom is -0.207 e. The molecular weight excluding hydrogens is 235 g/mol. The van der Waals surface area contributed by atoms with Gasteiger partial charge in [0, 0.05) is 11.8 Å². The van der Waals surface area contributed by atoms with Crippen molar-refractivity contribution in [1.82, 2.24) is 0 Å². The normalized spacial score (nSPS) is 12.6. The molecule has 0 amide bonds. The summed E-state index contributed by atoms with van der Waals surface area (Å²) in [4.78, 5) is 0. The second-order valence-electron chi connectivity index (χ2n) is 4.58. The average molecular weight is 257 g/mol. The van der Waals surface area contributed by atoms with Crippen LogP contribution in [0.25, 0.3) is 0 Å². The van der Waals surface area contributed by atoms with Gasteiger partial charge in [0.2, 0.25) is 0 Å². The van der Waals surface area contributed by atoms with Crippen LogP contribution in [-0.2, 0) is 0 Å². The molecule has 0 nitrogen and oxygen atoms in total. The minimum absolute atomic E-state index is 0.119. The molecule has 0 aliphatic heterocycles. The van der Waals surface area contributed by atoms with Gasteiger partial charge in [-0.3, -0.25) is 0 Å². The minimum atomic E-state index is -0.119. The summed E-state index contributed by atoms with van der Waals surface area (Å²) in [7, 11) is 0. The molecule has 0 saturated carbocycles. The molecule has 0 heterocycles. The first kappa shape index (κ1) is 14.5. The van der Waals surface area contributed by atoms with E-state index >= 15 is 0 Å². The molecule has 0 aliphatic rings. The number of hydrogen-bond donors (Lipinski definition) is 0. The van der Waals surface area contributed by atoms with E-state index < -0.39 is 0 Å². The molecule has 17 heavy (non-hydrogen) atoms. The third-order valence-electron chi connectivity index (χ3n) is 3.19. The highest BCUT2D eigenvalue weighted by molar-refractivity contribution is 6.18. The zero-order valence-electron chi connectivity index (χ0n) is 10.6. The van der Waals surface area contributed by atoms with E-state index in [-0.39, 0.29) is 11.7 Å². The predicted octanol–water partition coefficient (Wildman–Crippen LogP) is 5.51. The van der Waals surface area contributed by atoms with Gasteiger partial charge in [-0.1, -0.05) is 57.2 Å². The fraction of sp³-hybridized carbons (Fsp3) is 0.600. The zero-order valence-corrected chi connectivity index (χ0v) is 11.3. The van der Waals surface area contributed by atoms with Crippen molar-refractivity contribution in [1.29, 1.82) is 0 Å². The second kappa shape index (κ2) is 8.52. The Morgan fingerprint density at radius 1 is 1.12 bits per heavy atom. The Labute approximate surface area is 109 Å².